The van der Waals surface area contributed by atoms with Crippen LogP contribution in [0.2, 0.25) is 0 Å². The normalized spacial score (nSPS) is 10.9. The summed E-state index contributed by atoms with van der Waals surface area (Å²) >= 11 is -1.43. The van der Waals surface area contributed by atoms with Gasteiger partial charge in [-0.2, -0.15) is 0 Å². The van der Waals surface area contributed by atoms with Crippen LogP contribution in [0.4, 0.5) is 0 Å². The SMILES string of the molecule is C=[CH][Co](=[O])[CH2]OCO. The molecule has 0 aromatic rings. The average molecular weight is 163 g/mol. The Morgan fingerprint density at radius 3 is 2.88 bits per heavy atom. The molecule has 0 bridgehead atoms. The maximum atomic E-state index is 10.4. The molecule has 0 amide bonds. The second kappa shape index (κ2) is 5.11. The molecule has 0 rings (SSSR count). The van der Waals surface area contributed by atoms with Crippen molar-refractivity contribution in [3.05, 3.63) is 11.6 Å². The number of hydrogen-bond acceptors (Lipinski definition) is 3. The Morgan fingerprint density at radius 1 is 1.88 bits per heavy atom. The second-order valence-corrected chi connectivity index (χ2v) is 2.57. The van der Waals surface area contributed by atoms with Crippen LogP contribution >= 0.6 is 0 Å². The molecule has 3 nitrogen and oxygen atoms in total. The second-order valence-electron chi connectivity index (χ2n) is 0.876. The van der Waals surface area contributed by atoms with Gasteiger partial charge >= 0.3 is 51.2 Å². The Bertz CT molecular complexity index is 91.3. The number of aliphatic hydroxyl groups is 1. The fourth-order valence-electron chi connectivity index (χ4n) is 0.137. The van der Waals surface area contributed by atoms with Gasteiger partial charge in [0, 0.05) is 0 Å². The van der Waals surface area contributed by atoms with Crippen molar-refractivity contribution in [2.24, 2.45) is 0 Å². The summed E-state index contributed by atoms with van der Waals surface area (Å²) < 4.78 is 14.7. The van der Waals surface area contributed by atoms with Crippen molar-refractivity contribution in [3.63, 3.8) is 0 Å². The van der Waals surface area contributed by atoms with Gasteiger partial charge in [-0.1, -0.05) is 0 Å². The van der Waals surface area contributed by atoms with Gasteiger partial charge in [0.1, 0.15) is 0 Å². The van der Waals surface area contributed by atoms with Gasteiger partial charge in [-0.15, -0.1) is 0 Å². The van der Waals surface area contributed by atoms with Gasteiger partial charge in [0.2, 0.25) is 0 Å². The molecule has 0 saturated heterocycles. The van der Waals surface area contributed by atoms with Crippen LogP contribution in [0.25, 0.3) is 0 Å². The van der Waals surface area contributed by atoms with Crippen LogP contribution in [0.15, 0.2) is 11.6 Å². The molecule has 51 valence electrons. The molecule has 0 aliphatic rings. The van der Waals surface area contributed by atoms with E-state index in [1.165, 1.54) is 5.01 Å². The summed E-state index contributed by atoms with van der Waals surface area (Å²) in [6.07, 6.45) is 0. The van der Waals surface area contributed by atoms with Crippen LogP contribution in [0.1, 0.15) is 0 Å². The molecule has 0 fully saturated rings. The van der Waals surface area contributed by atoms with Crippen LogP contribution in [-0.4, -0.2) is 17.4 Å². The van der Waals surface area contributed by atoms with Crippen molar-refractivity contribution < 1.29 is 27.3 Å². The van der Waals surface area contributed by atoms with E-state index in [4.69, 9.17) is 5.11 Å². The third-order valence-corrected chi connectivity index (χ3v) is 1.39. The summed E-state index contributed by atoms with van der Waals surface area (Å²) in [7, 11) is 0. The first-order valence-corrected chi connectivity index (χ1v) is 3.63. The molecule has 0 saturated carbocycles. The Hall–Kier alpha value is -0.0335. The van der Waals surface area contributed by atoms with Crippen LogP contribution < -0.4 is 0 Å². The summed E-state index contributed by atoms with van der Waals surface area (Å²) in [5.41, 5.74) is 0.0625. The first-order chi connectivity index (χ1) is 3.81. The molecule has 0 aliphatic heterocycles. The van der Waals surface area contributed by atoms with Gasteiger partial charge in [0.05, 0.1) is 0 Å². The molecule has 4 heteroatoms. The van der Waals surface area contributed by atoms with Gasteiger partial charge in [0.25, 0.3) is 0 Å². The summed E-state index contributed by atoms with van der Waals surface area (Å²) in [5, 5.41) is 9.32. The Balaban J connectivity index is 3.11. The van der Waals surface area contributed by atoms with E-state index < -0.39 is 13.6 Å². The van der Waals surface area contributed by atoms with Gasteiger partial charge in [0.15, 0.2) is 0 Å². The van der Waals surface area contributed by atoms with Crippen molar-refractivity contribution in [2.45, 2.75) is 0 Å². The van der Waals surface area contributed by atoms with Crippen molar-refractivity contribution in [1.29, 1.82) is 0 Å². The number of aliphatic hydroxyl groups excluding tert-OH is 1. The van der Waals surface area contributed by atoms with Crippen molar-refractivity contribution >= 4 is 0 Å². The van der Waals surface area contributed by atoms with E-state index in [-0.39, 0.29) is 12.3 Å². The quantitative estimate of drug-likeness (QED) is 0.594. The number of rotatable bonds is 4. The van der Waals surface area contributed by atoms with E-state index in [1.807, 2.05) is 0 Å². The Kier molecular flexibility index (Phi) is 5.09. The first-order valence-electron chi connectivity index (χ1n) is 1.87. The summed E-state index contributed by atoms with van der Waals surface area (Å²) in [6.45, 7) is 2.89. The molecule has 0 unspecified atom stereocenters. The Morgan fingerprint density at radius 2 is 2.50 bits per heavy atom. The zero-order valence-electron chi connectivity index (χ0n) is 4.30. The van der Waals surface area contributed by atoms with Crippen LogP contribution in [0.5, 0.6) is 0 Å². The molecule has 0 aromatic heterocycles. The molecule has 0 spiro atoms. The maximum absolute atomic E-state index is 10.4. The molecular formula is C4H8CoO3. The van der Waals surface area contributed by atoms with Gasteiger partial charge in [-0.25, -0.2) is 0 Å². The zero-order chi connectivity index (χ0) is 6.41. The topological polar surface area (TPSA) is 46.5 Å². The van der Waals surface area contributed by atoms with Crippen molar-refractivity contribution in [3.8, 4) is 0 Å². The van der Waals surface area contributed by atoms with E-state index in [0.29, 0.717) is 0 Å². The van der Waals surface area contributed by atoms with Crippen molar-refractivity contribution in [1.82, 2.24) is 0 Å². The molecule has 0 heterocycles. The molecular weight excluding hydrogens is 155 g/mol. The van der Waals surface area contributed by atoms with Crippen LogP contribution in [0.3, 0.4) is 0 Å². The Labute approximate surface area is 51.9 Å². The predicted molar refractivity (Wildman–Crippen MR) is 23.9 cm³/mol. The predicted octanol–water partition coefficient (Wildman–Crippen LogP) is 0.0175. The standard InChI is InChI=1S/C2H5O2.C2H3.Co.O/c1-4-2-3;1-2;;/h3H,1-2H2;1H,2H2;;. The van der Waals surface area contributed by atoms with E-state index in [2.05, 4.69) is 11.3 Å². The minimum absolute atomic E-state index is 0.0625. The zero-order valence-corrected chi connectivity index (χ0v) is 5.34. The fraction of sp³-hybridized carbons (Fsp3) is 0.500. The van der Waals surface area contributed by atoms with Gasteiger partial charge in [-0.05, 0) is 0 Å². The average Bonchev–Trinajstić information content (AvgIpc) is 1.83. The monoisotopic (exact) mass is 163 g/mol. The van der Waals surface area contributed by atoms with Crippen LogP contribution in [0, 0.1) is 0 Å². The molecule has 0 aromatic carbocycles. The molecule has 0 atom stereocenters. The third kappa shape index (κ3) is 4.13. The molecule has 1 N–H and O–H groups in total. The van der Waals surface area contributed by atoms with E-state index in [0.717, 1.165) is 0 Å². The summed E-state index contributed by atoms with van der Waals surface area (Å²) in [5.74, 6) is 0. The van der Waals surface area contributed by atoms with E-state index >= 15 is 0 Å². The van der Waals surface area contributed by atoms with E-state index in [1.54, 1.807) is 0 Å². The minimum atomic E-state index is -1.43. The summed E-state index contributed by atoms with van der Waals surface area (Å²) in [6, 6.07) is 0. The van der Waals surface area contributed by atoms with Crippen LogP contribution in [-0.2, 0) is 22.2 Å². The molecule has 0 radical (unpaired) electrons. The van der Waals surface area contributed by atoms with Gasteiger partial charge in [-0.3, -0.25) is 0 Å². The molecule has 0 aliphatic carbocycles. The first kappa shape index (κ1) is 7.97. The molecule has 8 heavy (non-hydrogen) atoms. The van der Waals surface area contributed by atoms with E-state index in [9.17, 15) is 3.87 Å². The van der Waals surface area contributed by atoms with Gasteiger partial charge < -0.3 is 0 Å². The third-order valence-electron chi connectivity index (χ3n) is 0.406. The summed E-state index contributed by atoms with van der Waals surface area (Å²) in [4.78, 5) is 0. The van der Waals surface area contributed by atoms with Crippen molar-refractivity contribution in [2.75, 3.05) is 12.3 Å². The number of ether oxygens (including phenoxy) is 1. The fourth-order valence-corrected chi connectivity index (χ4v) is 0.564. The number of hydrogen-bond donors (Lipinski definition) is 1.